The van der Waals surface area contributed by atoms with Gasteiger partial charge >= 0.3 is 0 Å². The van der Waals surface area contributed by atoms with Crippen molar-refractivity contribution in [1.82, 2.24) is 10.6 Å². The predicted molar refractivity (Wildman–Crippen MR) is 98.2 cm³/mol. The number of halogens is 1. The van der Waals surface area contributed by atoms with Crippen LogP contribution in [0, 0.1) is 0 Å². The van der Waals surface area contributed by atoms with Crippen LogP contribution in [-0.2, 0) is 9.59 Å². The van der Waals surface area contributed by atoms with Gasteiger partial charge in [0.2, 0.25) is 5.91 Å². The fourth-order valence-corrected chi connectivity index (χ4v) is 2.15. The first kappa shape index (κ1) is 18.5. The van der Waals surface area contributed by atoms with Crippen molar-refractivity contribution >= 4 is 29.5 Å². The first-order chi connectivity index (χ1) is 12.0. The molecule has 0 aliphatic rings. The average molecular weight is 359 g/mol. The molecule has 2 aromatic rings. The van der Waals surface area contributed by atoms with Crippen LogP contribution in [0.1, 0.15) is 12.5 Å². The molecule has 0 bridgehead atoms. The Kier molecular flexibility index (Phi) is 7.04. The van der Waals surface area contributed by atoms with Crippen LogP contribution in [0.15, 0.2) is 60.3 Å². The van der Waals surface area contributed by atoms with E-state index in [1.54, 1.807) is 30.3 Å². The van der Waals surface area contributed by atoms with Gasteiger partial charge in [-0.1, -0.05) is 41.9 Å². The molecule has 0 saturated carbocycles. The molecule has 5 nitrogen and oxygen atoms in total. The second-order valence-electron chi connectivity index (χ2n) is 5.21. The number of carbonyl (C=O) groups is 2. The summed E-state index contributed by atoms with van der Waals surface area (Å²) in [6, 6.07) is 16.2. The summed E-state index contributed by atoms with van der Waals surface area (Å²) in [5, 5.41) is 5.90. The molecular formula is C19H19ClN2O3. The highest BCUT2D eigenvalue weighted by Gasteiger charge is 2.10. The molecule has 0 fully saturated rings. The minimum absolute atomic E-state index is 0.185. The maximum Gasteiger partial charge on any atom is 0.267 e. The highest BCUT2D eigenvalue weighted by Crippen LogP contribution is 2.15. The number of benzene rings is 2. The van der Waals surface area contributed by atoms with Gasteiger partial charge in [0.05, 0.1) is 6.54 Å². The van der Waals surface area contributed by atoms with Crippen molar-refractivity contribution in [2.24, 2.45) is 0 Å². The van der Waals surface area contributed by atoms with E-state index in [-0.39, 0.29) is 17.5 Å². The summed E-state index contributed by atoms with van der Waals surface area (Å²) in [6.45, 7) is 1.95. The topological polar surface area (TPSA) is 67.4 Å². The van der Waals surface area contributed by atoms with Crippen LogP contribution in [0.5, 0.6) is 5.75 Å². The Hall–Kier alpha value is -2.79. The van der Waals surface area contributed by atoms with E-state index in [1.807, 2.05) is 30.3 Å². The summed E-state index contributed by atoms with van der Waals surface area (Å²) in [5.74, 6) is -0.0194. The fraction of sp³-hybridized carbons (Fsp3) is 0.158. The maximum absolute atomic E-state index is 12.3. The van der Waals surface area contributed by atoms with Gasteiger partial charge in [-0.3, -0.25) is 9.59 Å². The zero-order valence-electron chi connectivity index (χ0n) is 13.8. The summed E-state index contributed by atoms with van der Waals surface area (Å²) < 4.78 is 5.51. The van der Waals surface area contributed by atoms with E-state index >= 15 is 0 Å². The number of rotatable bonds is 7. The quantitative estimate of drug-likeness (QED) is 0.590. The van der Waals surface area contributed by atoms with Crippen LogP contribution in [0.2, 0.25) is 5.02 Å². The smallest absolute Gasteiger partial charge is 0.267 e. The molecule has 0 radical (unpaired) electrons. The SMILES string of the molecule is CC(=O)N/C(=C\c1ccccc1)C(=O)NCCOc1ccc(Cl)cc1. The van der Waals surface area contributed by atoms with E-state index in [1.165, 1.54) is 6.92 Å². The molecule has 0 aromatic heterocycles. The minimum Gasteiger partial charge on any atom is -0.492 e. The Morgan fingerprint density at radius 1 is 1.08 bits per heavy atom. The maximum atomic E-state index is 12.3. The first-order valence-corrected chi connectivity index (χ1v) is 8.13. The van der Waals surface area contributed by atoms with Gasteiger partial charge in [0.25, 0.3) is 5.91 Å². The molecule has 0 heterocycles. The Bertz CT molecular complexity index is 743. The second kappa shape index (κ2) is 9.49. The van der Waals surface area contributed by atoms with Gasteiger partial charge in [0.15, 0.2) is 0 Å². The van der Waals surface area contributed by atoms with E-state index < -0.39 is 0 Å². The largest absolute Gasteiger partial charge is 0.492 e. The van der Waals surface area contributed by atoms with E-state index in [9.17, 15) is 9.59 Å². The van der Waals surface area contributed by atoms with Crippen molar-refractivity contribution in [3.8, 4) is 5.75 Å². The summed E-state index contributed by atoms with van der Waals surface area (Å²) in [4.78, 5) is 23.6. The average Bonchev–Trinajstić information content (AvgIpc) is 2.60. The van der Waals surface area contributed by atoms with Gasteiger partial charge in [-0.05, 0) is 35.9 Å². The van der Waals surface area contributed by atoms with Gasteiger partial charge in [0, 0.05) is 11.9 Å². The first-order valence-electron chi connectivity index (χ1n) is 7.75. The lowest BCUT2D eigenvalue weighted by Gasteiger charge is -2.11. The highest BCUT2D eigenvalue weighted by molar-refractivity contribution is 6.30. The lowest BCUT2D eigenvalue weighted by molar-refractivity contribution is -0.122. The zero-order valence-corrected chi connectivity index (χ0v) is 14.5. The molecule has 2 rings (SSSR count). The van der Waals surface area contributed by atoms with Crippen molar-refractivity contribution in [2.45, 2.75) is 6.92 Å². The molecule has 0 atom stereocenters. The number of nitrogens with one attached hydrogen (secondary N) is 2. The minimum atomic E-state index is -0.376. The van der Waals surface area contributed by atoms with Crippen LogP contribution in [0.3, 0.4) is 0 Å². The van der Waals surface area contributed by atoms with Crippen molar-refractivity contribution in [3.05, 3.63) is 70.9 Å². The molecule has 0 unspecified atom stereocenters. The molecular weight excluding hydrogens is 340 g/mol. The van der Waals surface area contributed by atoms with Crippen LogP contribution >= 0.6 is 11.6 Å². The zero-order chi connectivity index (χ0) is 18.1. The van der Waals surface area contributed by atoms with E-state index in [4.69, 9.17) is 16.3 Å². The predicted octanol–water partition coefficient (Wildman–Crippen LogP) is 3.01. The highest BCUT2D eigenvalue weighted by atomic mass is 35.5. The van der Waals surface area contributed by atoms with Gasteiger partial charge in [-0.15, -0.1) is 0 Å². The van der Waals surface area contributed by atoms with E-state index in [0.29, 0.717) is 23.9 Å². The van der Waals surface area contributed by atoms with Gasteiger partial charge < -0.3 is 15.4 Å². The van der Waals surface area contributed by atoms with Crippen LogP contribution < -0.4 is 15.4 Å². The third-order valence-corrected chi connectivity index (χ3v) is 3.39. The van der Waals surface area contributed by atoms with Gasteiger partial charge in [-0.2, -0.15) is 0 Å². The number of hydrogen-bond acceptors (Lipinski definition) is 3. The van der Waals surface area contributed by atoms with Crippen LogP contribution in [0.4, 0.5) is 0 Å². The molecule has 2 aromatic carbocycles. The Morgan fingerprint density at radius 2 is 1.76 bits per heavy atom. The number of ether oxygens (including phenoxy) is 1. The third kappa shape index (κ3) is 6.69. The second-order valence-corrected chi connectivity index (χ2v) is 5.64. The van der Waals surface area contributed by atoms with Gasteiger partial charge in [-0.25, -0.2) is 0 Å². The Labute approximate surface area is 151 Å². The van der Waals surface area contributed by atoms with Crippen LogP contribution in [0.25, 0.3) is 6.08 Å². The monoisotopic (exact) mass is 358 g/mol. The fourth-order valence-electron chi connectivity index (χ4n) is 2.02. The van der Waals surface area contributed by atoms with Crippen molar-refractivity contribution in [2.75, 3.05) is 13.2 Å². The number of carbonyl (C=O) groups excluding carboxylic acids is 2. The molecule has 0 saturated heterocycles. The molecule has 2 amide bonds. The van der Waals surface area contributed by atoms with E-state index in [0.717, 1.165) is 5.56 Å². The summed E-state index contributed by atoms with van der Waals surface area (Å²) in [5.41, 5.74) is 1.00. The van der Waals surface area contributed by atoms with Crippen molar-refractivity contribution < 1.29 is 14.3 Å². The lowest BCUT2D eigenvalue weighted by atomic mass is 10.2. The number of hydrogen-bond donors (Lipinski definition) is 2. The summed E-state index contributed by atoms with van der Waals surface area (Å²) in [7, 11) is 0. The molecule has 130 valence electrons. The van der Waals surface area contributed by atoms with Crippen LogP contribution in [-0.4, -0.2) is 25.0 Å². The summed E-state index contributed by atoms with van der Waals surface area (Å²) >= 11 is 5.80. The molecule has 25 heavy (non-hydrogen) atoms. The standard InChI is InChI=1S/C19H19ClN2O3/c1-14(23)22-18(13-15-5-3-2-4-6-15)19(24)21-11-12-25-17-9-7-16(20)8-10-17/h2-10,13H,11-12H2,1H3,(H,21,24)(H,22,23)/b18-13-. The molecule has 0 aliphatic heterocycles. The normalized spacial score (nSPS) is 10.9. The molecule has 2 N–H and O–H groups in total. The van der Waals surface area contributed by atoms with Crippen molar-refractivity contribution in [3.63, 3.8) is 0 Å². The molecule has 0 aliphatic carbocycles. The Morgan fingerprint density at radius 3 is 2.40 bits per heavy atom. The Balaban J connectivity index is 1.89. The van der Waals surface area contributed by atoms with Gasteiger partial charge in [0.1, 0.15) is 18.1 Å². The van der Waals surface area contributed by atoms with E-state index in [2.05, 4.69) is 10.6 Å². The molecule has 6 heteroatoms. The molecule has 0 spiro atoms. The number of amides is 2. The van der Waals surface area contributed by atoms with Crippen molar-refractivity contribution in [1.29, 1.82) is 0 Å². The third-order valence-electron chi connectivity index (χ3n) is 3.14. The summed E-state index contributed by atoms with van der Waals surface area (Å²) in [6.07, 6.45) is 1.62. The lowest BCUT2D eigenvalue weighted by Crippen LogP contribution is -2.35.